The molecule has 62 valence electrons. The molecule has 1 rings (SSSR count). The van der Waals surface area contributed by atoms with Crippen molar-refractivity contribution in [1.29, 1.82) is 0 Å². The highest BCUT2D eigenvalue weighted by atomic mass is 28.2. The Morgan fingerprint density at radius 3 is 2.92 bits per heavy atom. The molecule has 1 nitrogen and oxygen atoms in total. The highest BCUT2D eigenvalue weighted by molar-refractivity contribution is 6.58. The van der Waals surface area contributed by atoms with Gasteiger partial charge in [0.15, 0.2) is 0 Å². The van der Waals surface area contributed by atoms with E-state index in [1.165, 1.54) is 10.8 Å². The largest absolute Gasteiger partial charge is 0.380 e. The molecule has 0 fully saturated rings. The summed E-state index contributed by atoms with van der Waals surface area (Å²) in [7, 11) is 2.40. The Hall–Kier alpha value is -0.863. The molecule has 0 spiro atoms. The highest BCUT2D eigenvalue weighted by Crippen LogP contribution is 1.96. The van der Waals surface area contributed by atoms with Crippen LogP contribution >= 0.6 is 0 Å². The van der Waals surface area contributed by atoms with Crippen molar-refractivity contribution in [2.24, 2.45) is 0 Å². The third-order valence-corrected chi connectivity index (χ3v) is 2.58. The second-order valence-corrected chi connectivity index (χ2v) is 3.67. The predicted molar refractivity (Wildman–Crippen MR) is 52.7 cm³/mol. The van der Waals surface area contributed by atoms with Gasteiger partial charge in [0.1, 0.15) is 9.52 Å². The maximum Gasteiger partial charge on any atom is 0.111 e. The maximum absolute atomic E-state index is 5.09. The fourth-order valence-corrected chi connectivity index (χ4v) is 1.81. The van der Waals surface area contributed by atoms with Crippen molar-refractivity contribution in [2.45, 2.75) is 6.61 Å². The van der Waals surface area contributed by atoms with Crippen molar-refractivity contribution in [2.75, 3.05) is 7.11 Å². The van der Waals surface area contributed by atoms with Gasteiger partial charge in [0.2, 0.25) is 0 Å². The van der Waals surface area contributed by atoms with Gasteiger partial charge in [-0.1, -0.05) is 29.5 Å². The molecule has 0 saturated carbocycles. The van der Waals surface area contributed by atoms with E-state index in [1.807, 2.05) is 17.8 Å². The molecule has 0 bridgehead atoms. The summed E-state index contributed by atoms with van der Waals surface area (Å²) < 4.78 is 5.09. The van der Waals surface area contributed by atoms with E-state index in [2.05, 4.69) is 18.7 Å². The average Bonchev–Trinajstić information content (AvgIpc) is 2.09. The van der Waals surface area contributed by atoms with Gasteiger partial charge in [0, 0.05) is 7.11 Å². The molecule has 0 aliphatic carbocycles. The molecule has 0 aliphatic heterocycles. The molecule has 0 N–H and O–H groups in total. The molecule has 0 saturated heterocycles. The molecule has 12 heavy (non-hydrogen) atoms. The minimum absolute atomic E-state index is 0.680. The number of methoxy groups -OCH3 is 1. The summed E-state index contributed by atoms with van der Waals surface area (Å²) in [5.74, 6) is 0. The fraction of sp³-hybridized carbons (Fsp3) is 0.200. The van der Waals surface area contributed by atoms with Gasteiger partial charge in [-0.25, -0.2) is 0 Å². The van der Waals surface area contributed by atoms with Crippen LogP contribution in [0.4, 0.5) is 0 Å². The molecule has 0 aliphatic rings. The molecule has 2 heteroatoms. The van der Waals surface area contributed by atoms with E-state index in [-0.39, 0.29) is 0 Å². The van der Waals surface area contributed by atoms with Crippen molar-refractivity contribution in [3.05, 3.63) is 42.1 Å². The van der Waals surface area contributed by atoms with E-state index in [4.69, 9.17) is 4.74 Å². The zero-order valence-corrected chi connectivity index (χ0v) is 8.21. The Kier molecular flexibility index (Phi) is 3.77. The number of ether oxygens (including phenoxy) is 1. The first-order chi connectivity index (χ1) is 5.88. The highest BCUT2D eigenvalue weighted by Gasteiger charge is 1.98. The smallest absolute Gasteiger partial charge is 0.111 e. The molecule has 1 aromatic carbocycles. The quantitative estimate of drug-likeness (QED) is 0.628. The number of benzene rings is 1. The van der Waals surface area contributed by atoms with E-state index >= 15 is 0 Å². The SMILES string of the molecule is C=C[Si]c1ccccc1COC. The maximum atomic E-state index is 5.09. The third-order valence-electron chi connectivity index (χ3n) is 1.57. The van der Waals surface area contributed by atoms with Gasteiger partial charge in [-0.05, 0) is 5.56 Å². The first kappa shape index (κ1) is 9.23. The molecular formula is C10H12OSi. The Balaban J connectivity index is 2.83. The van der Waals surface area contributed by atoms with Crippen molar-refractivity contribution in [3.63, 3.8) is 0 Å². The van der Waals surface area contributed by atoms with Crippen LogP contribution in [0.1, 0.15) is 5.56 Å². The second kappa shape index (κ2) is 4.90. The van der Waals surface area contributed by atoms with Crippen molar-refractivity contribution < 1.29 is 4.74 Å². The van der Waals surface area contributed by atoms with Crippen molar-refractivity contribution in [1.82, 2.24) is 0 Å². The zero-order valence-electron chi connectivity index (χ0n) is 7.21. The van der Waals surface area contributed by atoms with Crippen LogP contribution in [0.2, 0.25) is 0 Å². The van der Waals surface area contributed by atoms with Crippen LogP contribution in [0.3, 0.4) is 0 Å². The molecule has 1 aromatic rings. The van der Waals surface area contributed by atoms with E-state index in [0.717, 1.165) is 0 Å². The molecule has 0 unspecified atom stereocenters. The second-order valence-electron chi connectivity index (χ2n) is 2.44. The summed E-state index contributed by atoms with van der Waals surface area (Å²) in [5, 5.41) is 1.33. The summed E-state index contributed by atoms with van der Waals surface area (Å²) >= 11 is 0. The van der Waals surface area contributed by atoms with Gasteiger partial charge >= 0.3 is 0 Å². The first-order valence-electron chi connectivity index (χ1n) is 3.82. The number of hydrogen-bond donors (Lipinski definition) is 0. The monoisotopic (exact) mass is 176 g/mol. The molecule has 0 aromatic heterocycles. The van der Waals surface area contributed by atoms with E-state index in [1.54, 1.807) is 7.11 Å². The molecular weight excluding hydrogens is 164 g/mol. The van der Waals surface area contributed by atoms with Gasteiger partial charge in [-0.3, -0.25) is 0 Å². The number of rotatable bonds is 4. The minimum atomic E-state index is 0.680. The summed E-state index contributed by atoms with van der Waals surface area (Å²) in [4.78, 5) is 0. The van der Waals surface area contributed by atoms with Gasteiger partial charge < -0.3 is 4.74 Å². The molecule has 2 radical (unpaired) electrons. The Bertz CT molecular complexity index is 258. The Labute approximate surface area is 75.9 Å². The average molecular weight is 176 g/mol. The normalized spacial score (nSPS) is 9.75. The summed E-state index contributed by atoms with van der Waals surface area (Å²) in [5.41, 5.74) is 3.20. The summed E-state index contributed by atoms with van der Waals surface area (Å²) in [6.07, 6.45) is 0. The van der Waals surface area contributed by atoms with Crippen LogP contribution in [-0.2, 0) is 11.3 Å². The van der Waals surface area contributed by atoms with Crippen LogP contribution in [0.25, 0.3) is 0 Å². The lowest BCUT2D eigenvalue weighted by Crippen LogP contribution is -2.17. The fourth-order valence-electron chi connectivity index (χ4n) is 1.05. The van der Waals surface area contributed by atoms with E-state index < -0.39 is 0 Å². The van der Waals surface area contributed by atoms with Gasteiger partial charge in [0.05, 0.1) is 6.61 Å². The van der Waals surface area contributed by atoms with Crippen LogP contribution in [0, 0.1) is 0 Å². The lowest BCUT2D eigenvalue weighted by molar-refractivity contribution is 0.185. The summed E-state index contributed by atoms with van der Waals surface area (Å²) in [6, 6.07) is 8.29. The molecule has 0 heterocycles. The third kappa shape index (κ3) is 2.32. The topological polar surface area (TPSA) is 9.23 Å². The van der Waals surface area contributed by atoms with E-state index in [9.17, 15) is 0 Å². The van der Waals surface area contributed by atoms with Gasteiger partial charge in [0.25, 0.3) is 0 Å². The van der Waals surface area contributed by atoms with Crippen LogP contribution in [0.15, 0.2) is 36.5 Å². The van der Waals surface area contributed by atoms with E-state index in [0.29, 0.717) is 16.1 Å². The van der Waals surface area contributed by atoms with Crippen LogP contribution in [0.5, 0.6) is 0 Å². The number of hydrogen-bond acceptors (Lipinski definition) is 1. The Morgan fingerprint density at radius 2 is 2.25 bits per heavy atom. The van der Waals surface area contributed by atoms with Crippen LogP contribution < -0.4 is 5.19 Å². The molecule has 0 amide bonds. The Morgan fingerprint density at radius 1 is 1.50 bits per heavy atom. The molecule has 0 atom stereocenters. The standard InChI is InChI=1S/C10H12OSi/c1-3-12-10-7-5-4-6-9(10)8-11-2/h3-7H,1,8H2,2H3. The zero-order chi connectivity index (χ0) is 8.81. The van der Waals surface area contributed by atoms with Crippen LogP contribution in [-0.4, -0.2) is 16.6 Å². The van der Waals surface area contributed by atoms with Crippen molar-refractivity contribution >= 4 is 14.7 Å². The lowest BCUT2D eigenvalue weighted by Gasteiger charge is -2.04. The van der Waals surface area contributed by atoms with Crippen molar-refractivity contribution in [3.8, 4) is 0 Å². The predicted octanol–water partition coefficient (Wildman–Crippen LogP) is 1.31. The summed E-state index contributed by atoms with van der Waals surface area (Å²) in [6.45, 7) is 4.42. The van der Waals surface area contributed by atoms with Gasteiger partial charge in [-0.15, -0.1) is 12.3 Å². The first-order valence-corrected chi connectivity index (χ1v) is 4.90. The van der Waals surface area contributed by atoms with Gasteiger partial charge in [-0.2, -0.15) is 0 Å². The lowest BCUT2D eigenvalue weighted by atomic mass is 10.2. The minimum Gasteiger partial charge on any atom is -0.380 e.